The Morgan fingerprint density at radius 2 is 2.12 bits per heavy atom. The molecule has 2 aromatic heterocycles. The zero-order valence-electron chi connectivity index (χ0n) is 18.2. The average Bonchev–Trinajstić information content (AvgIpc) is 3.36. The van der Waals surface area contributed by atoms with Gasteiger partial charge >= 0.3 is 0 Å². The Balaban J connectivity index is 1.44. The molecule has 0 saturated carbocycles. The van der Waals surface area contributed by atoms with Crippen molar-refractivity contribution in [2.75, 3.05) is 36.8 Å². The number of carbonyl (C=O) groups excluding carboxylic acids is 1. The van der Waals surface area contributed by atoms with Crippen LogP contribution < -0.4 is 16.4 Å². The molecular weight excluding hydrogens is 425 g/mol. The van der Waals surface area contributed by atoms with E-state index in [0.29, 0.717) is 55.9 Å². The summed E-state index contributed by atoms with van der Waals surface area (Å²) in [6.07, 6.45) is 3.46. The van der Waals surface area contributed by atoms with E-state index in [1.807, 2.05) is 4.90 Å². The number of fused-ring (bicyclic) bond motifs is 1. The van der Waals surface area contributed by atoms with E-state index in [0.717, 1.165) is 11.3 Å². The number of hydrogen-bond donors (Lipinski definition) is 2. The van der Waals surface area contributed by atoms with Gasteiger partial charge in [0.05, 0.1) is 24.9 Å². The van der Waals surface area contributed by atoms with Crippen molar-refractivity contribution < 1.29 is 9.18 Å². The van der Waals surface area contributed by atoms with Crippen molar-refractivity contribution in [1.29, 1.82) is 5.26 Å². The molecule has 0 unspecified atom stereocenters. The third-order valence-electron chi connectivity index (χ3n) is 6.68. The second-order valence-corrected chi connectivity index (χ2v) is 8.84. The molecule has 3 aromatic rings. The Morgan fingerprint density at radius 1 is 1.33 bits per heavy atom. The molecule has 2 saturated heterocycles. The van der Waals surface area contributed by atoms with E-state index in [1.54, 1.807) is 28.8 Å². The SMILES string of the molecule is Cc1c(F)ccc(N2CC[C@](N)(C(=O)N3CC(C#N)C3)C2)c1Cn1cnc2c(N)ncnc21. The second-order valence-electron chi connectivity index (χ2n) is 8.84. The number of rotatable bonds is 4. The first-order valence-corrected chi connectivity index (χ1v) is 10.7. The summed E-state index contributed by atoms with van der Waals surface area (Å²) >= 11 is 0. The first-order chi connectivity index (χ1) is 15.8. The molecule has 2 fully saturated rings. The van der Waals surface area contributed by atoms with Crippen LogP contribution in [0, 0.1) is 30.0 Å². The summed E-state index contributed by atoms with van der Waals surface area (Å²) in [5.41, 5.74) is 14.5. The number of anilines is 2. The third-order valence-corrected chi connectivity index (χ3v) is 6.68. The number of nitrogens with two attached hydrogens (primary N) is 2. The number of amides is 1. The lowest BCUT2D eigenvalue weighted by Gasteiger charge is -2.40. The lowest BCUT2D eigenvalue weighted by Crippen LogP contribution is -2.62. The number of aromatic nitrogens is 4. The van der Waals surface area contributed by atoms with Crippen molar-refractivity contribution in [3.63, 3.8) is 0 Å². The predicted octanol–water partition coefficient (Wildman–Crippen LogP) is 0.794. The molecule has 1 atom stereocenters. The van der Waals surface area contributed by atoms with Crippen molar-refractivity contribution in [2.24, 2.45) is 11.7 Å². The molecule has 5 rings (SSSR count). The van der Waals surface area contributed by atoms with Crippen molar-refractivity contribution in [3.05, 3.63) is 41.7 Å². The quantitative estimate of drug-likeness (QED) is 0.595. The number of likely N-dealkylation sites (tertiary alicyclic amines) is 1. The Kier molecular flexibility index (Phi) is 4.90. The Labute approximate surface area is 189 Å². The van der Waals surface area contributed by atoms with Gasteiger partial charge in [0.1, 0.15) is 23.2 Å². The van der Waals surface area contributed by atoms with Crippen LogP contribution >= 0.6 is 0 Å². The molecule has 1 amide bonds. The minimum atomic E-state index is -1.04. The third kappa shape index (κ3) is 3.43. The van der Waals surface area contributed by atoms with Crippen LogP contribution in [0.5, 0.6) is 0 Å². The van der Waals surface area contributed by atoms with E-state index in [9.17, 15) is 9.18 Å². The van der Waals surface area contributed by atoms with Gasteiger partial charge in [-0.2, -0.15) is 5.26 Å². The smallest absolute Gasteiger partial charge is 0.244 e. The van der Waals surface area contributed by atoms with Gasteiger partial charge in [-0.05, 0) is 31.0 Å². The molecule has 0 aliphatic carbocycles. The number of hydrogen-bond acceptors (Lipinski definition) is 8. The van der Waals surface area contributed by atoms with Crippen LogP contribution in [0.2, 0.25) is 0 Å². The minimum absolute atomic E-state index is 0.121. The van der Waals surface area contributed by atoms with E-state index < -0.39 is 5.54 Å². The summed E-state index contributed by atoms with van der Waals surface area (Å²) in [7, 11) is 0. The number of nitrogens with zero attached hydrogens (tertiary/aromatic N) is 7. The van der Waals surface area contributed by atoms with Gasteiger partial charge in [-0.15, -0.1) is 0 Å². The molecule has 170 valence electrons. The van der Waals surface area contributed by atoms with E-state index >= 15 is 0 Å². The molecule has 2 aliphatic heterocycles. The average molecular weight is 449 g/mol. The van der Waals surface area contributed by atoms with E-state index in [2.05, 4.69) is 21.0 Å². The highest BCUT2D eigenvalue weighted by atomic mass is 19.1. The van der Waals surface area contributed by atoms with Crippen molar-refractivity contribution in [2.45, 2.75) is 25.4 Å². The summed E-state index contributed by atoms with van der Waals surface area (Å²) in [5.74, 6) is -0.288. The second kappa shape index (κ2) is 7.67. The van der Waals surface area contributed by atoms with Gasteiger partial charge in [-0.3, -0.25) is 4.79 Å². The Morgan fingerprint density at radius 3 is 2.88 bits per heavy atom. The zero-order valence-corrected chi connectivity index (χ0v) is 18.2. The summed E-state index contributed by atoms with van der Waals surface area (Å²) in [6.45, 7) is 3.79. The van der Waals surface area contributed by atoms with E-state index in [4.69, 9.17) is 16.7 Å². The summed E-state index contributed by atoms with van der Waals surface area (Å²) in [6, 6.07) is 5.34. The topological polar surface area (TPSA) is 143 Å². The van der Waals surface area contributed by atoms with Crippen LogP contribution in [0.4, 0.5) is 15.9 Å². The molecule has 4 N–H and O–H groups in total. The van der Waals surface area contributed by atoms with Gasteiger partial charge in [0.15, 0.2) is 11.5 Å². The Bertz CT molecular complexity index is 1290. The van der Waals surface area contributed by atoms with Crippen LogP contribution in [0.25, 0.3) is 11.2 Å². The summed E-state index contributed by atoms with van der Waals surface area (Å²) < 4.78 is 16.4. The maximum Gasteiger partial charge on any atom is 0.244 e. The number of halogens is 1. The first-order valence-electron chi connectivity index (χ1n) is 10.7. The molecule has 0 spiro atoms. The van der Waals surface area contributed by atoms with Crippen LogP contribution in [0.3, 0.4) is 0 Å². The standard InChI is InChI=1S/C22H24FN9O/c1-13-15(9-32-12-29-18-19(25)27-11-28-20(18)32)17(3-2-16(13)23)30-5-4-22(26,10-30)21(33)31-7-14(6-24)8-31/h2-3,11-12,14H,4-5,7-10,26H2,1H3,(H2,25,27,28)/t22-/m1/s1. The number of benzene rings is 1. The normalized spacial score (nSPS) is 20.8. The fraction of sp³-hybridized carbons (Fsp3) is 0.409. The van der Waals surface area contributed by atoms with Crippen molar-refractivity contribution in [1.82, 2.24) is 24.4 Å². The summed E-state index contributed by atoms with van der Waals surface area (Å²) in [4.78, 5) is 29.2. The van der Waals surface area contributed by atoms with E-state index in [-0.39, 0.29) is 23.5 Å². The highest BCUT2D eigenvalue weighted by Gasteiger charge is 2.46. The van der Waals surface area contributed by atoms with Crippen molar-refractivity contribution in [3.8, 4) is 6.07 Å². The number of nitriles is 1. The highest BCUT2D eigenvalue weighted by Crippen LogP contribution is 2.34. The zero-order chi connectivity index (χ0) is 23.3. The van der Waals surface area contributed by atoms with Gasteiger partial charge in [0.25, 0.3) is 0 Å². The first kappa shape index (κ1) is 21.1. The van der Waals surface area contributed by atoms with Crippen molar-refractivity contribution >= 4 is 28.6 Å². The Hall–Kier alpha value is -3.78. The van der Waals surface area contributed by atoms with Gasteiger partial charge in [-0.25, -0.2) is 19.3 Å². The molecule has 2 aliphatic rings. The molecule has 0 radical (unpaired) electrons. The number of carbonyl (C=O) groups is 1. The maximum absolute atomic E-state index is 14.6. The van der Waals surface area contributed by atoms with Gasteiger partial charge in [-0.1, -0.05) is 0 Å². The van der Waals surface area contributed by atoms with Crippen LogP contribution in [0.1, 0.15) is 17.5 Å². The molecule has 4 heterocycles. The lowest BCUT2D eigenvalue weighted by molar-refractivity contribution is -0.141. The number of imidazole rings is 1. The van der Waals surface area contributed by atoms with Crippen LogP contribution in [-0.4, -0.2) is 62.0 Å². The maximum atomic E-state index is 14.6. The molecule has 11 heteroatoms. The summed E-state index contributed by atoms with van der Waals surface area (Å²) in [5, 5.41) is 8.99. The van der Waals surface area contributed by atoms with Crippen LogP contribution in [0.15, 0.2) is 24.8 Å². The monoisotopic (exact) mass is 449 g/mol. The highest BCUT2D eigenvalue weighted by molar-refractivity contribution is 5.88. The van der Waals surface area contributed by atoms with Gasteiger partial charge in [0, 0.05) is 37.4 Å². The largest absolute Gasteiger partial charge is 0.382 e. The number of nitrogen functional groups attached to an aromatic ring is 1. The predicted molar refractivity (Wildman–Crippen MR) is 119 cm³/mol. The molecule has 0 bridgehead atoms. The van der Waals surface area contributed by atoms with E-state index in [1.165, 1.54) is 12.4 Å². The molecule has 10 nitrogen and oxygen atoms in total. The minimum Gasteiger partial charge on any atom is -0.382 e. The van der Waals surface area contributed by atoms with Crippen LogP contribution in [-0.2, 0) is 11.3 Å². The lowest BCUT2D eigenvalue weighted by atomic mass is 9.93. The van der Waals surface area contributed by atoms with Gasteiger partial charge < -0.3 is 25.8 Å². The molecular formula is C22H24FN9O. The van der Waals surface area contributed by atoms with Gasteiger partial charge in [0.2, 0.25) is 5.91 Å². The fourth-order valence-electron chi connectivity index (χ4n) is 4.65. The molecule has 1 aromatic carbocycles. The fourth-order valence-corrected chi connectivity index (χ4v) is 4.65. The molecule has 33 heavy (non-hydrogen) atoms.